The first-order valence-corrected chi connectivity index (χ1v) is 6.91. The molecule has 0 saturated carbocycles. The van der Waals surface area contributed by atoms with Crippen LogP contribution in [0.25, 0.3) is 22.2 Å². The van der Waals surface area contributed by atoms with Crippen molar-refractivity contribution in [2.75, 3.05) is 6.07 Å². The second-order valence-corrected chi connectivity index (χ2v) is 4.72. The summed E-state index contributed by atoms with van der Waals surface area (Å²) in [4.78, 5) is 4.52. The first-order valence-electron chi connectivity index (χ1n) is 6.37. The van der Waals surface area contributed by atoms with Gasteiger partial charge in [-0.1, -0.05) is 48.0 Å². The number of aryl methyl sites for hydroxylation is 1. The lowest BCUT2D eigenvalue weighted by atomic mass is 10.0. The summed E-state index contributed by atoms with van der Waals surface area (Å²) in [7, 11) is 0. The van der Waals surface area contributed by atoms with Crippen molar-refractivity contribution in [3.63, 3.8) is 0 Å². The van der Waals surface area contributed by atoms with Crippen LogP contribution in [0.4, 0.5) is 0 Å². The third-order valence-electron chi connectivity index (χ3n) is 3.23. The number of hydrogen-bond acceptors (Lipinski definition) is 3. The minimum Gasteiger partial charge on any atom is -0.441 e. The Bertz CT molecular complexity index is 731. The summed E-state index contributed by atoms with van der Waals surface area (Å²) < 4.78 is 11.0. The molecule has 1 heterocycles. The van der Waals surface area contributed by atoms with Crippen LogP contribution >= 0.6 is 11.6 Å². The zero-order valence-corrected chi connectivity index (χ0v) is 11.9. The highest BCUT2D eigenvalue weighted by Gasteiger charge is 2.13. The highest BCUT2D eigenvalue weighted by Crippen LogP contribution is 2.29. The number of halogens is 1. The predicted molar refractivity (Wildman–Crippen MR) is 79.7 cm³/mol. The third kappa shape index (κ3) is 2.42. The molecule has 0 atom stereocenters. The highest BCUT2D eigenvalue weighted by molar-refractivity contribution is 6.17. The zero-order chi connectivity index (χ0) is 13.9. The Kier molecular flexibility index (Phi) is 3.72. The molecule has 0 aliphatic heterocycles. The van der Waals surface area contributed by atoms with Gasteiger partial charge in [-0.05, 0) is 23.8 Å². The number of ether oxygens (including phenoxy) is 1. The van der Waals surface area contributed by atoms with Gasteiger partial charge in [0.15, 0.2) is 0 Å². The van der Waals surface area contributed by atoms with Crippen LogP contribution < -0.4 is 0 Å². The minimum atomic E-state index is 0.149. The summed E-state index contributed by atoms with van der Waals surface area (Å²) in [5.74, 6) is 1.38. The fraction of sp³-hybridized carbons (Fsp3) is 0.188. The van der Waals surface area contributed by atoms with Gasteiger partial charge in [-0.25, -0.2) is 4.98 Å². The van der Waals surface area contributed by atoms with Gasteiger partial charge in [0.05, 0.1) is 6.61 Å². The van der Waals surface area contributed by atoms with Gasteiger partial charge >= 0.3 is 0 Å². The summed E-state index contributed by atoms with van der Waals surface area (Å²) in [5.41, 5.74) is 1.77. The molecule has 3 aromatic rings. The summed E-state index contributed by atoms with van der Waals surface area (Å²) in [6, 6.07) is 14.4. The van der Waals surface area contributed by atoms with E-state index in [2.05, 4.69) is 23.2 Å². The van der Waals surface area contributed by atoms with E-state index in [0.29, 0.717) is 12.5 Å². The Hall–Kier alpha value is -1.84. The molecule has 1 aromatic heterocycles. The predicted octanol–water partition coefficient (Wildman–Crippen LogP) is 4.52. The number of aromatic nitrogens is 1. The molecule has 0 saturated heterocycles. The second-order valence-electron chi connectivity index (χ2n) is 4.51. The molecule has 0 bridgehead atoms. The molecule has 0 aliphatic rings. The Labute approximate surface area is 122 Å². The van der Waals surface area contributed by atoms with E-state index in [1.54, 1.807) is 0 Å². The summed E-state index contributed by atoms with van der Waals surface area (Å²) in [6.45, 7) is 2.25. The summed E-state index contributed by atoms with van der Waals surface area (Å²) in [6.07, 6.45) is 0. The number of rotatable bonds is 4. The normalized spacial score (nSPS) is 11.1. The molecule has 0 fully saturated rings. The van der Waals surface area contributed by atoms with Gasteiger partial charge in [0.25, 0.3) is 0 Å². The van der Waals surface area contributed by atoms with Crippen molar-refractivity contribution in [2.24, 2.45) is 0 Å². The van der Waals surface area contributed by atoms with Gasteiger partial charge in [0.1, 0.15) is 17.5 Å². The van der Waals surface area contributed by atoms with Crippen LogP contribution in [0.5, 0.6) is 0 Å². The van der Waals surface area contributed by atoms with Gasteiger partial charge in [-0.15, -0.1) is 0 Å². The molecule has 0 amide bonds. The average Bonchev–Trinajstić information content (AvgIpc) is 2.85. The number of benzene rings is 2. The Morgan fingerprint density at radius 1 is 1.15 bits per heavy atom. The highest BCUT2D eigenvalue weighted by atomic mass is 35.5. The number of alkyl halides is 1. The van der Waals surface area contributed by atoms with E-state index in [1.807, 2.05) is 31.2 Å². The molecule has 102 valence electrons. The van der Waals surface area contributed by atoms with Crippen molar-refractivity contribution in [1.82, 2.24) is 4.98 Å². The Balaban J connectivity index is 2.07. The number of oxazole rings is 1. The van der Waals surface area contributed by atoms with E-state index in [1.165, 1.54) is 5.39 Å². The van der Waals surface area contributed by atoms with Gasteiger partial charge in [0.2, 0.25) is 5.89 Å². The van der Waals surface area contributed by atoms with Crippen molar-refractivity contribution in [3.05, 3.63) is 53.9 Å². The van der Waals surface area contributed by atoms with Gasteiger partial charge in [-0.3, -0.25) is 0 Å². The van der Waals surface area contributed by atoms with Crippen molar-refractivity contribution < 1.29 is 9.15 Å². The zero-order valence-electron chi connectivity index (χ0n) is 11.1. The quantitative estimate of drug-likeness (QED) is 0.662. The fourth-order valence-corrected chi connectivity index (χ4v) is 2.30. The topological polar surface area (TPSA) is 35.3 Å². The molecule has 4 heteroatoms. The maximum atomic E-state index is 5.77. The lowest BCUT2D eigenvalue weighted by molar-refractivity contribution is 0.161. The molecule has 20 heavy (non-hydrogen) atoms. The second kappa shape index (κ2) is 5.65. The van der Waals surface area contributed by atoms with Crippen LogP contribution in [0.15, 0.2) is 46.9 Å². The van der Waals surface area contributed by atoms with Crippen LogP contribution in [0.1, 0.15) is 11.5 Å². The van der Waals surface area contributed by atoms with Crippen LogP contribution in [-0.4, -0.2) is 11.1 Å². The number of nitrogens with zero attached hydrogens (tertiary/aromatic N) is 1. The molecule has 2 aromatic carbocycles. The van der Waals surface area contributed by atoms with Crippen molar-refractivity contribution in [3.8, 4) is 11.5 Å². The standard InChI is InChI=1S/C16H14ClNO2/c1-11-15(9-19-10-17)18-16(20-11)14-8-4-6-12-5-2-3-7-13(12)14/h2-8H,9-10H2,1H3. The number of hydrogen-bond donors (Lipinski definition) is 0. The lowest BCUT2D eigenvalue weighted by Crippen LogP contribution is -1.92. The van der Waals surface area contributed by atoms with E-state index in [9.17, 15) is 0 Å². The monoisotopic (exact) mass is 287 g/mol. The maximum absolute atomic E-state index is 5.77. The van der Waals surface area contributed by atoms with E-state index >= 15 is 0 Å². The van der Waals surface area contributed by atoms with Crippen molar-refractivity contribution in [2.45, 2.75) is 13.5 Å². The van der Waals surface area contributed by atoms with Gasteiger partial charge in [-0.2, -0.15) is 0 Å². The van der Waals surface area contributed by atoms with E-state index in [-0.39, 0.29) is 6.07 Å². The molecule has 0 N–H and O–H groups in total. The third-order valence-corrected chi connectivity index (χ3v) is 3.38. The van der Waals surface area contributed by atoms with Gasteiger partial charge < -0.3 is 9.15 Å². The van der Waals surface area contributed by atoms with Crippen LogP contribution in [0.2, 0.25) is 0 Å². The molecular formula is C16H14ClNO2. The molecule has 0 unspecified atom stereocenters. The molecular weight excluding hydrogens is 274 g/mol. The first kappa shape index (κ1) is 13.2. The minimum absolute atomic E-state index is 0.149. The SMILES string of the molecule is Cc1oc(-c2cccc3ccccc23)nc1COCCl. The summed E-state index contributed by atoms with van der Waals surface area (Å²) >= 11 is 5.53. The molecule has 3 rings (SSSR count). The van der Waals surface area contributed by atoms with E-state index in [0.717, 1.165) is 22.4 Å². The maximum Gasteiger partial charge on any atom is 0.227 e. The molecule has 0 spiro atoms. The van der Waals surface area contributed by atoms with E-state index < -0.39 is 0 Å². The first-order chi connectivity index (χ1) is 9.79. The van der Waals surface area contributed by atoms with Crippen molar-refractivity contribution >= 4 is 22.4 Å². The summed E-state index contributed by atoms with van der Waals surface area (Å²) in [5, 5.41) is 2.29. The smallest absolute Gasteiger partial charge is 0.227 e. The van der Waals surface area contributed by atoms with Crippen LogP contribution in [0, 0.1) is 6.92 Å². The van der Waals surface area contributed by atoms with Crippen LogP contribution in [0.3, 0.4) is 0 Å². The molecule has 0 radical (unpaired) electrons. The largest absolute Gasteiger partial charge is 0.441 e. The molecule has 3 nitrogen and oxygen atoms in total. The van der Waals surface area contributed by atoms with E-state index in [4.69, 9.17) is 20.8 Å². The average molecular weight is 288 g/mol. The van der Waals surface area contributed by atoms with Crippen molar-refractivity contribution in [1.29, 1.82) is 0 Å². The van der Waals surface area contributed by atoms with Crippen LogP contribution in [-0.2, 0) is 11.3 Å². The van der Waals surface area contributed by atoms with Gasteiger partial charge in [0, 0.05) is 5.56 Å². The number of fused-ring (bicyclic) bond motifs is 1. The lowest BCUT2D eigenvalue weighted by Gasteiger charge is -2.02. The fourth-order valence-electron chi connectivity index (χ4n) is 2.22. The molecule has 0 aliphatic carbocycles. The Morgan fingerprint density at radius 3 is 2.80 bits per heavy atom. The Morgan fingerprint density at radius 2 is 1.95 bits per heavy atom.